The van der Waals surface area contributed by atoms with E-state index in [1.165, 1.54) is 5.56 Å². The Balaban J connectivity index is 2.27. The van der Waals surface area contributed by atoms with Gasteiger partial charge in [-0.25, -0.2) is 0 Å². The summed E-state index contributed by atoms with van der Waals surface area (Å²) in [5.74, 6) is 2.45. The molecule has 3 heteroatoms. The highest BCUT2D eigenvalue weighted by Crippen LogP contribution is 2.46. The van der Waals surface area contributed by atoms with Gasteiger partial charge in [-0.1, -0.05) is 45.4 Å². The summed E-state index contributed by atoms with van der Waals surface area (Å²) in [6.45, 7) is 8.05. The van der Waals surface area contributed by atoms with Gasteiger partial charge in [-0.15, -0.1) is 6.42 Å². The molecule has 1 atom stereocenters. The Hall–Kier alpha value is -1.40. The van der Waals surface area contributed by atoms with E-state index in [1.54, 1.807) is 11.8 Å². The molecule has 1 aliphatic rings. The average Bonchev–Trinajstić information content (AvgIpc) is 2.37. The van der Waals surface area contributed by atoms with Crippen LogP contribution in [0.5, 0.6) is 0 Å². The SMILES string of the molecule is C#Cc1ccc2c(c1)C(C)(C)CC(OC(=O)C(C)C)S2. The monoisotopic (exact) mass is 288 g/mol. The van der Waals surface area contributed by atoms with Gasteiger partial charge in [0.25, 0.3) is 0 Å². The van der Waals surface area contributed by atoms with Crippen molar-refractivity contribution in [1.29, 1.82) is 0 Å². The Kier molecular flexibility index (Phi) is 4.15. The van der Waals surface area contributed by atoms with Crippen LogP contribution in [0.15, 0.2) is 23.1 Å². The zero-order chi connectivity index (χ0) is 14.9. The van der Waals surface area contributed by atoms with E-state index in [-0.39, 0.29) is 22.7 Å². The van der Waals surface area contributed by atoms with Gasteiger partial charge in [-0.05, 0) is 29.2 Å². The summed E-state index contributed by atoms with van der Waals surface area (Å²) in [4.78, 5) is 12.9. The second-order valence-electron chi connectivity index (χ2n) is 6.08. The Bertz CT molecular complexity index is 567. The molecule has 1 heterocycles. The third-order valence-corrected chi connectivity index (χ3v) is 4.67. The first kappa shape index (κ1) is 15.0. The van der Waals surface area contributed by atoms with Crippen molar-refractivity contribution in [3.05, 3.63) is 29.3 Å². The van der Waals surface area contributed by atoms with Gasteiger partial charge in [0.1, 0.15) is 0 Å². The lowest BCUT2D eigenvalue weighted by Gasteiger charge is -2.36. The highest BCUT2D eigenvalue weighted by molar-refractivity contribution is 7.99. The number of fused-ring (bicyclic) bond motifs is 1. The molecule has 1 aromatic rings. The van der Waals surface area contributed by atoms with Gasteiger partial charge in [-0.3, -0.25) is 4.79 Å². The number of carbonyl (C=O) groups excluding carboxylic acids is 1. The minimum Gasteiger partial charge on any atom is -0.451 e. The third-order valence-electron chi connectivity index (χ3n) is 3.53. The van der Waals surface area contributed by atoms with Crippen molar-refractivity contribution >= 4 is 17.7 Å². The molecule has 1 aromatic carbocycles. The second kappa shape index (κ2) is 5.54. The van der Waals surface area contributed by atoms with Gasteiger partial charge in [0, 0.05) is 16.9 Å². The Morgan fingerprint density at radius 2 is 2.20 bits per heavy atom. The lowest BCUT2D eigenvalue weighted by Crippen LogP contribution is -2.31. The molecular weight excluding hydrogens is 268 g/mol. The minimum absolute atomic E-state index is 0.0463. The highest BCUT2D eigenvalue weighted by Gasteiger charge is 2.35. The normalized spacial score (nSPS) is 20.1. The topological polar surface area (TPSA) is 26.3 Å². The van der Waals surface area contributed by atoms with E-state index in [1.807, 2.05) is 26.0 Å². The molecule has 1 aliphatic heterocycles. The van der Waals surface area contributed by atoms with Gasteiger partial charge in [-0.2, -0.15) is 0 Å². The quantitative estimate of drug-likeness (QED) is 0.608. The molecule has 0 spiro atoms. The molecule has 0 fully saturated rings. The maximum Gasteiger partial charge on any atom is 0.309 e. The maximum absolute atomic E-state index is 11.8. The fraction of sp³-hybridized carbons (Fsp3) is 0.471. The van der Waals surface area contributed by atoms with Crippen LogP contribution in [-0.4, -0.2) is 11.4 Å². The molecular formula is C17H20O2S. The Morgan fingerprint density at radius 3 is 2.80 bits per heavy atom. The number of ether oxygens (including phenoxy) is 1. The van der Waals surface area contributed by atoms with Gasteiger partial charge < -0.3 is 4.74 Å². The first-order valence-electron chi connectivity index (χ1n) is 6.82. The number of carbonyl (C=O) groups is 1. The van der Waals surface area contributed by atoms with Crippen LogP contribution < -0.4 is 0 Å². The van der Waals surface area contributed by atoms with E-state index < -0.39 is 0 Å². The van der Waals surface area contributed by atoms with Crippen molar-refractivity contribution < 1.29 is 9.53 Å². The molecule has 0 radical (unpaired) electrons. The van der Waals surface area contributed by atoms with E-state index in [9.17, 15) is 4.79 Å². The smallest absolute Gasteiger partial charge is 0.309 e. The fourth-order valence-electron chi connectivity index (χ4n) is 2.29. The van der Waals surface area contributed by atoms with Gasteiger partial charge in [0.15, 0.2) is 5.44 Å². The molecule has 106 valence electrons. The third kappa shape index (κ3) is 3.02. The summed E-state index contributed by atoms with van der Waals surface area (Å²) in [5.41, 5.74) is 1.98. The van der Waals surface area contributed by atoms with E-state index in [4.69, 9.17) is 11.2 Å². The average molecular weight is 288 g/mol. The molecule has 0 amide bonds. The zero-order valence-electron chi connectivity index (χ0n) is 12.4. The number of hydrogen-bond donors (Lipinski definition) is 0. The van der Waals surface area contributed by atoms with Crippen LogP contribution >= 0.6 is 11.8 Å². The summed E-state index contributed by atoms with van der Waals surface area (Å²) in [5, 5.41) is 0. The summed E-state index contributed by atoms with van der Waals surface area (Å²) in [6.07, 6.45) is 6.27. The molecule has 0 saturated carbocycles. The summed E-state index contributed by atoms with van der Waals surface area (Å²) < 4.78 is 5.59. The summed E-state index contributed by atoms with van der Waals surface area (Å²) in [6, 6.07) is 6.05. The van der Waals surface area contributed by atoms with Crippen molar-refractivity contribution in [1.82, 2.24) is 0 Å². The number of esters is 1. The number of benzene rings is 1. The predicted octanol–water partition coefficient (Wildman–Crippen LogP) is 3.97. The van der Waals surface area contributed by atoms with E-state index >= 15 is 0 Å². The van der Waals surface area contributed by atoms with Crippen molar-refractivity contribution in [2.24, 2.45) is 5.92 Å². The number of hydrogen-bond acceptors (Lipinski definition) is 3. The van der Waals surface area contributed by atoms with Crippen LogP contribution in [0.2, 0.25) is 0 Å². The molecule has 0 saturated heterocycles. The molecule has 0 bridgehead atoms. The maximum atomic E-state index is 11.8. The van der Waals surface area contributed by atoms with Crippen LogP contribution in [-0.2, 0) is 14.9 Å². The summed E-state index contributed by atoms with van der Waals surface area (Å²) >= 11 is 1.61. The fourth-order valence-corrected chi connectivity index (χ4v) is 3.83. The lowest BCUT2D eigenvalue weighted by atomic mass is 9.80. The minimum atomic E-state index is -0.137. The van der Waals surface area contributed by atoms with Gasteiger partial charge in [0.05, 0.1) is 5.92 Å². The summed E-state index contributed by atoms with van der Waals surface area (Å²) in [7, 11) is 0. The predicted molar refractivity (Wildman–Crippen MR) is 82.6 cm³/mol. The Morgan fingerprint density at radius 1 is 1.50 bits per heavy atom. The van der Waals surface area contributed by atoms with E-state index in [0.717, 1.165) is 16.9 Å². The lowest BCUT2D eigenvalue weighted by molar-refractivity contribution is -0.149. The van der Waals surface area contributed by atoms with Gasteiger partial charge >= 0.3 is 5.97 Å². The molecule has 0 aromatic heterocycles. The van der Waals surface area contributed by atoms with Gasteiger partial charge in [0.2, 0.25) is 0 Å². The van der Waals surface area contributed by atoms with Crippen molar-refractivity contribution in [2.75, 3.05) is 0 Å². The largest absolute Gasteiger partial charge is 0.451 e. The molecule has 1 unspecified atom stereocenters. The molecule has 20 heavy (non-hydrogen) atoms. The first-order chi connectivity index (χ1) is 9.33. The van der Waals surface area contributed by atoms with Crippen LogP contribution in [0.25, 0.3) is 0 Å². The highest BCUT2D eigenvalue weighted by atomic mass is 32.2. The first-order valence-corrected chi connectivity index (χ1v) is 7.70. The van der Waals surface area contributed by atoms with Crippen molar-refractivity contribution in [3.63, 3.8) is 0 Å². The number of rotatable bonds is 2. The van der Waals surface area contributed by atoms with Crippen LogP contribution in [0.1, 0.15) is 45.2 Å². The zero-order valence-corrected chi connectivity index (χ0v) is 13.2. The second-order valence-corrected chi connectivity index (χ2v) is 7.28. The number of thioether (sulfide) groups is 1. The van der Waals surface area contributed by atoms with Crippen LogP contribution in [0.4, 0.5) is 0 Å². The van der Waals surface area contributed by atoms with E-state index in [2.05, 4.69) is 25.8 Å². The molecule has 2 rings (SSSR count). The molecule has 0 aliphatic carbocycles. The number of terminal acetylenes is 1. The Labute approximate surface area is 125 Å². The van der Waals surface area contributed by atoms with Crippen molar-refractivity contribution in [3.8, 4) is 12.3 Å². The van der Waals surface area contributed by atoms with E-state index in [0.29, 0.717) is 0 Å². The van der Waals surface area contributed by atoms with Crippen LogP contribution in [0.3, 0.4) is 0 Å². The standard InChI is InChI=1S/C17H20O2S/c1-6-12-7-8-14-13(9-12)17(4,5)10-15(20-14)19-16(18)11(2)3/h1,7-9,11,15H,10H2,2-5H3. The molecule has 2 nitrogen and oxygen atoms in total. The van der Waals surface area contributed by atoms with Crippen molar-refractivity contribution in [2.45, 2.75) is 49.9 Å². The molecule has 0 N–H and O–H groups in total. The van der Waals surface area contributed by atoms with Crippen LogP contribution in [0, 0.1) is 18.3 Å².